The first kappa shape index (κ1) is 18.1. The number of rotatable bonds is 5. The number of carbonyl (C=O) groups excluding carboxylic acids is 1. The quantitative estimate of drug-likeness (QED) is 0.785. The molecule has 0 aliphatic carbocycles. The lowest BCUT2D eigenvalue weighted by Gasteiger charge is -2.29. The van der Waals surface area contributed by atoms with E-state index in [1.54, 1.807) is 24.3 Å². The molecule has 23 heavy (non-hydrogen) atoms. The highest BCUT2D eigenvalue weighted by Crippen LogP contribution is 2.32. The van der Waals surface area contributed by atoms with Gasteiger partial charge in [0.15, 0.2) is 0 Å². The highest BCUT2D eigenvalue weighted by molar-refractivity contribution is 6.68. The average Bonchev–Trinajstić information content (AvgIpc) is 2.54. The van der Waals surface area contributed by atoms with Gasteiger partial charge < -0.3 is 10.4 Å². The maximum atomic E-state index is 12.3. The summed E-state index contributed by atoms with van der Waals surface area (Å²) < 4.78 is -1.90. The Kier molecular flexibility index (Phi) is 6.31. The second-order valence-electron chi connectivity index (χ2n) is 5.12. The van der Waals surface area contributed by atoms with Gasteiger partial charge in [0.1, 0.15) is 6.10 Å². The van der Waals surface area contributed by atoms with Crippen molar-refractivity contribution in [3.8, 4) is 0 Å². The van der Waals surface area contributed by atoms with E-state index in [0.29, 0.717) is 12.0 Å². The predicted octanol–water partition coefficient (Wildman–Crippen LogP) is 3.76. The Labute approximate surface area is 150 Å². The standard InChI is InChI=1S/C17H16Cl3NO2/c18-17(19,20)15(22)14(11-12-7-3-1-4-8-12)21-16(23)13-9-5-2-6-10-13/h1-10,14-15,22H,11H2,(H,21,23). The van der Waals surface area contributed by atoms with Crippen molar-refractivity contribution in [3.05, 3.63) is 71.8 Å². The molecule has 2 N–H and O–H groups in total. The van der Waals surface area contributed by atoms with Crippen LogP contribution >= 0.6 is 34.8 Å². The molecule has 6 heteroatoms. The van der Waals surface area contributed by atoms with Gasteiger partial charge in [0.25, 0.3) is 5.91 Å². The molecular weight excluding hydrogens is 357 g/mol. The van der Waals surface area contributed by atoms with Gasteiger partial charge in [-0.05, 0) is 24.1 Å². The molecule has 2 aromatic rings. The van der Waals surface area contributed by atoms with Gasteiger partial charge in [-0.3, -0.25) is 4.79 Å². The van der Waals surface area contributed by atoms with E-state index in [9.17, 15) is 9.90 Å². The van der Waals surface area contributed by atoms with Crippen LogP contribution < -0.4 is 5.32 Å². The van der Waals surface area contributed by atoms with Crippen molar-refractivity contribution >= 4 is 40.7 Å². The lowest BCUT2D eigenvalue weighted by Crippen LogP contribution is -2.50. The van der Waals surface area contributed by atoms with Gasteiger partial charge in [-0.2, -0.15) is 0 Å². The summed E-state index contributed by atoms with van der Waals surface area (Å²) in [4.78, 5) is 12.3. The monoisotopic (exact) mass is 371 g/mol. The van der Waals surface area contributed by atoms with Crippen LogP contribution in [0.25, 0.3) is 0 Å². The summed E-state index contributed by atoms with van der Waals surface area (Å²) in [6.45, 7) is 0. The van der Waals surface area contributed by atoms with E-state index in [1.165, 1.54) is 0 Å². The molecule has 0 heterocycles. The molecule has 2 unspecified atom stereocenters. The van der Waals surface area contributed by atoms with Crippen LogP contribution in [0.15, 0.2) is 60.7 Å². The molecule has 0 spiro atoms. The summed E-state index contributed by atoms with van der Waals surface area (Å²) >= 11 is 17.4. The SMILES string of the molecule is O=C(NC(Cc1ccccc1)C(O)C(Cl)(Cl)Cl)c1ccccc1. The Morgan fingerprint density at radius 1 is 1.00 bits per heavy atom. The number of aliphatic hydroxyl groups excluding tert-OH is 1. The average molecular weight is 373 g/mol. The number of hydrogen-bond donors (Lipinski definition) is 2. The first-order chi connectivity index (χ1) is 10.9. The number of alkyl halides is 3. The van der Waals surface area contributed by atoms with Crippen LogP contribution in [0.2, 0.25) is 0 Å². The number of aliphatic hydroxyl groups is 1. The van der Waals surface area contributed by atoms with Crippen molar-refractivity contribution in [3.63, 3.8) is 0 Å². The molecule has 1 amide bonds. The third-order valence-electron chi connectivity index (χ3n) is 3.37. The zero-order valence-corrected chi connectivity index (χ0v) is 14.4. The van der Waals surface area contributed by atoms with E-state index in [2.05, 4.69) is 5.32 Å². The minimum atomic E-state index is -1.90. The molecule has 2 atom stereocenters. The van der Waals surface area contributed by atoms with E-state index >= 15 is 0 Å². The fourth-order valence-electron chi connectivity index (χ4n) is 2.18. The first-order valence-electron chi connectivity index (χ1n) is 7.02. The Morgan fingerprint density at radius 3 is 2.04 bits per heavy atom. The second-order valence-corrected chi connectivity index (χ2v) is 7.49. The molecule has 2 aromatic carbocycles. The fraction of sp³-hybridized carbons (Fsp3) is 0.235. The molecule has 0 radical (unpaired) electrons. The molecule has 0 aliphatic heterocycles. The van der Waals surface area contributed by atoms with Crippen molar-refractivity contribution in [2.75, 3.05) is 0 Å². The Hall–Kier alpha value is -1.26. The van der Waals surface area contributed by atoms with Crippen LogP contribution in [-0.2, 0) is 6.42 Å². The topological polar surface area (TPSA) is 49.3 Å². The van der Waals surface area contributed by atoms with Crippen LogP contribution in [0.3, 0.4) is 0 Å². The van der Waals surface area contributed by atoms with Crippen molar-refractivity contribution in [1.82, 2.24) is 5.32 Å². The zero-order chi connectivity index (χ0) is 16.9. The van der Waals surface area contributed by atoms with Gasteiger partial charge in [-0.25, -0.2) is 0 Å². The summed E-state index contributed by atoms with van der Waals surface area (Å²) in [5.74, 6) is -0.333. The molecule has 0 aromatic heterocycles. The van der Waals surface area contributed by atoms with Gasteiger partial charge in [0.05, 0.1) is 6.04 Å². The van der Waals surface area contributed by atoms with Gasteiger partial charge >= 0.3 is 0 Å². The van der Waals surface area contributed by atoms with Crippen molar-refractivity contribution in [1.29, 1.82) is 0 Å². The van der Waals surface area contributed by atoms with Gasteiger partial charge in [-0.15, -0.1) is 0 Å². The maximum Gasteiger partial charge on any atom is 0.251 e. The third-order valence-corrected chi connectivity index (χ3v) is 4.04. The van der Waals surface area contributed by atoms with Gasteiger partial charge in [0.2, 0.25) is 3.79 Å². The van der Waals surface area contributed by atoms with Crippen LogP contribution in [0, 0.1) is 0 Å². The number of amides is 1. The summed E-state index contributed by atoms with van der Waals surface area (Å²) in [5.41, 5.74) is 1.39. The smallest absolute Gasteiger partial charge is 0.251 e. The van der Waals surface area contributed by atoms with Crippen molar-refractivity contribution < 1.29 is 9.90 Å². The summed E-state index contributed by atoms with van der Waals surface area (Å²) in [6, 6.07) is 17.3. The Morgan fingerprint density at radius 2 is 1.52 bits per heavy atom. The normalized spacial score (nSPS) is 14.1. The maximum absolute atomic E-state index is 12.3. The van der Waals surface area contributed by atoms with E-state index < -0.39 is 15.9 Å². The summed E-state index contributed by atoms with van der Waals surface area (Å²) in [7, 11) is 0. The van der Waals surface area contributed by atoms with Crippen molar-refractivity contribution in [2.45, 2.75) is 22.4 Å². The van der Waals surface area contributed by atoms with E-state index in [-0.39, 0.29) is 5.91 Å². The number of halogens is 3. The molecule has 0 fully saturated rings. The summed E-state index contributed by atoms with van der Waals surface area (Å²) in [5, 5.41) is 13.0. The molecule has 3 nitrogen and oxygen atoms in total. The summed E-state index contributed by atoms with van der Waals surface area (Å²) in [6.07, 6.45) is -1.01. The van der Waals surface area contributed by atoms with Gasteiger partial charge in [0, 0.05) is 5.56 Å². The van der Waals surface area contributed by atoms with E-state index in [1.807, 2.05) is 36.4 Å². The lowest BCUT2D eigenvalue weighted by atomic mass is 10.0. The van der Waals surface area contributed by atoms with Crippen molar-refractivity contribution in [2.24, 2.45) is 0 Å². The highest BCUT2D eigenvalue weighted by atomic mass is 35.6. The first-order valence-corrected chi connectivity index (χ1v) is 8.16. The van der Waals surface area contributed by atoms with E-state index in [0.717, 1.165) is 5.56 Å². The molecule has 2 rings (SSSR count). The van der Waals surface area contributed by atoms with Crippen LogP contribution in [0.4, 0.5) is 0 Å². The molecule has 0 saturated heterocycles. The molecule has 0 bridgehead atoms. The number of benzene rings is 2. The number of hydrogen-bond acceptors (Lipinski definition) is 2. The highest BCUT2D eigenvalue weighted by Gasteiger charge is 2.38. The number of nitrogens with one attached hydrogen (secondary N) is 1. The largest absolute Gasteiger partial charge is 0.386 e. The Balaban J connectivity index is 2.18. The molecular formula is C17H16Cl3NO2. The van der Waals surface area contributed by atoms with Crippen LogP contribution in [0.1, 0.15) is 15.9 Å². The van der Waals surface area contributed by atoms with Crippen LogP contribution in [-0.4, -0.2) is 27.0 Å². The number of carbonyl (C=O) groups is 1. The van der Waals surface area contributed by atoms with Crippen LogP contribution in [0.5, 0.6) is 0 Å². The van der Waals surface area contributed by atoms with Gasteiger partial charge in [-0.1, -0.05) is 83.3 Å². The minimum absolute atomic E-state index is 0.333. The fourth-order valence-corrected chi connectivity index (χ4v) is 2.64. The van der Waals surface area contributed by atoms with E-state index in [4.69, 9.17) is 34.8 Å². The Bertz CT molecular complexity index is 629. The second kappa shape index (κ2) is 8.02. The zero-order valence-electron chi connectivity index (χ0n) is 12.1. The predicted molar refractivity (Wildman–Crippen MR) is 94.1 cm³/mol. The molecule has 122 valence electrons. The molecule has 0 saturated carbocycles. The minimum Gasteiger partial charge on any atom is -0.386 e. The third kappa shape index (κ3) is 5.40. The lowest BCUT2D eigenvalue weighted by molar-refractivity contribution is 0.0838. The molecule has 0 aliphatic rings.